The van der Waals surface area contributed by atoms with Crippen molar-refractivity contribution in [3.8, 4) is 0 Å². The fourth-order valence-electron chi connectivity index (χ4n) is 4.88. The van der Waals surface area contributed by atoms with Crippen LogP contribution in [0.15, 0.2) is 48.5 Å². The van der Waals surface area contributed by atoms with Crippen LogP contribution in [-0.2, 0) is 9.47 Å². The first-order chi connectivity index (χ1) is 19.4. The molecule has 17 heteroatoms. The molecule has 224 valence electrons. The molecular weight excluding hydrogens is 568 g/mol. The predicted molar refractivity (Wildman–Crippen MR) is 144 cm³/mol. The van der Waals surface area contributed by atoms with E-state index in [-0.39, 0.29) is 36.0 Å². The van der Waals surface area contributed by atoms with Gasteiger partial charge in [0.15, 0.2) is 9.87 Å². The topological polar surface area (TPSA) is 250 Å². The molecule has 8 N–H and O–H groups in total. The average molecular weight is 599 g/mol. The number of ether oxygens (including phenoxy) is 2. The molecule has 4 rings (SSSR count). The Balaban J connectivity index is 1.74. The van der Waals surface area contributed by atoms with Crippen LogP contribution < -0.4 is 10.6 Å². The minimum Gasteiger partial charge on any atom is -0.394 e. The SMILES string of the molecule is O=[N+]([O-])c1cccc(N[C@H]2[C@@H](O)CO[C@H](CO)[C@]2(O)S[C@@]2(O)[C@@H](CO)OC[C@H](O)[C@@H]2Nc2cccc([N+](=O)[O-])c2)c1. The Morgan fingerprint density at radius 2 is 1.20 bits per heavy atom. The molecule has 2 aliphatic heterocycles. The summed E-state index contributed by atoms with van der Waals surface area (Å²) in [5.74, 6) is 0. The van der Waals surface area contributed by atoms with Crippen molar-refractivity contribution < 1.29 is 50.0 Å². The fourth-order valence-corrected chi connectivity index (χ4v) is 6.63. The molecule has 2 aliphatic rings. The van der Waals surface area contributed by atoms with Gasteiger partial charge in [0.25, 0.3) is 11.4 Å². The maximum Gasteiger partial charge on any atom is 0.271 e. The third-order valence-electron chi connectivity index (χ3n) is 6.94. The van der Waals surface area contributed by atoms with Crippen molar-refractivity contribution in [1.82, 2.24) is 0 Å². The molecule has 2 saturated heterocycles. The summed E-state index contributed by atoms with van der Waals surface area (Å²) in [7, 11) is 0. The largest absolute Gasteiger partial charge is 0.394 e. The standard InChI is InChI=1S/C24H30N4O12S/c29-9-19-23(33,21(17(31)11-39-19)25-13-3-1-5-15(7-13)27(35)36)41-24(34)20(10-30)40-12-18(32)22(24)26-14-4-2-6-16(8-14)28(37)38/h1-8,17-22,25-26,29-34H,9-12H2/t17-,18-,19+,20+,21-,22-,23-,24-/m0/s1. The van der Waals surface area contributed by atoms with E-state index in [1.165, 1.54) is 36.4 Å². The van der Waals surface area contributed by atoms with Gasteiger partial charge in [0, 0.05) is 35.6 Å². The normalized spacial score (nSPS) is 33.6. The highest BCUT2D eigenvalue weighted by Gasteiger charge is 2.62. The van der Waals surface area contributed by atoms with Crippen LogP contribution in [-0.4, -0.2) is 113 Å². The van der Waals surface area contributed by atoms with Crippen molar-refractivity contribution in [3.05, 3.63) is 68.8 Å². The molecule has 2 heterocycles. The van der Waals surface area contributed by atoms with Crippen LogP contribution in [0.5, 0.6) is 0 Å². The van der Waals surface area contributed by atoms with Crippen molar-refractivity contribution in [2.75, 3.05) is 37.1 Å². The molecule has 0 radical (unpaired) electrons. The summed E-state index contributed by atoms with van der Waals surface area (Å²) >= 11 is 0.323. The molecular formula is C24H30N4O12S. The smallest absolute Gasteiger partial charge is 0.271 e. The Hall–Kier alpha value is -3.13. The van der Waals surface area contributed by atoms with Crippen LogP contribution in [0.2, 0.25) is 0 Å². The average Bonchev–Trinajstić information content (AvgIpc) is 2.94. The zero-order chi connectivity index (χ0) is 29.9. The van der Waals surface area contributed by atoms with E-state index in [1.54, 1.807) is 0 Å². The Morgan fingerprint density at radius 1 is 0.805 bits per heavy atom. The zero-order valence-electron chi connectivity index (χ0n) is 21.3. The van der Waals surface area contributed by atoms with E-state index in [1.807, 2.05) is 0 Å². The summed E-state index contributed by atoms with van der Waals surface area (Å²) in [5, 5.41) is 94.2. The molecule has 16 nitrogen and oxygen atoms in total. The van der Waals surface area contributed by atoms with E-state index in [0.29, 0.717) is 11.8 Å². The monoisotopic (exact) mass is 598 g/mol. The van der Waals surface area contributed by atoms with E-state index in [2.05, 4.69) is 10.6 Å². The maximum absolute atomic E-state index is 12.0. The van der Waals surface area contributed by atoms with E-state index < -0.39 is 69.4 Å². The van der Waals surface area contributed by atoms with Gasteiger partial charge in [-0.05, 0) is 12.1 Å². The lowest BCUT2D eigenvalue weighted by Crippen LogP contribution is -2.71. The third-order valence-corrected chi connectivity index (χ3v) is 8.62. The minimum absolute atomic E-state index is 0.123. The summed E-state index contributed by atoms with van der Waals surface area (Å²) in [6.07, 6.45) is -5.84. The zero-order valence-corrected chi connectivity index (χ0v) is 22.2. The first-order valence-electron chi connectivity index (χ1n) is 12.4. The second kappa shape index (κ2) is 12.4. The second-order valence-electron chi connectivity index (χ2n) is 9.61. The first kappa shape index (κ1) is 30.8. The number of hydrogen-bond donors (Lipinski definition) is 8. The highest BCUT2D eigenvalue weighted by atomic mass is 32.2. The van der Waals surface area contributed by atoms with Crippen LogP contribution in [0.25, 0.3) is 0 Å². The van der Waals surface area contributed by atoms with Gasteiger partial charge in [0.2, 0.25) is 0 Å². The first-order valence-corrected chi connectivity index (χ1v) is 13.2. The maximum atomic E-state index is 12.0. The number of non-ortho nitro benzene ring substituents is 2. The van der Waals surface area contributed by atoms with Crippen molar-refractivity contribution in [2.24, 2.45) is 0 Å². The van der Waals surface area contributed by atoms with Gasteiger partial charge in [-0.3, -0.25) is 20.2 Å². The summed E-state index contributed by atoms with van der Waals surface area (Å²) in [4.78, 5) is 16.4. The van der Waals surface area contributed by atoms with Crippen molar-refractivity contribution in [3.63, 3.8) is 0 Å². The third kappa shape index (κ3) is 6.22. The van der Waals surface area contributed by atoms with Crippen LogP contribution in [0.3, 0.4) is 0 Å². The Morgan fingerprint density at radius 3 is 1.54 bits per heavy atom. The van der Waals surface area contributed by atoms with E-state index >= 15 is 0 Å². The number of rotatable bonds is 10. The number of aliphatic hydroxyl groups is 6. The predicted octanol–water partition coefficient (Wildman–Crippen LogP) is -0.621. The summed E-state index contributed by atoms with van der Waals surface area (Å²) in [6.45, 7) is -2.32. The Labute approximate surface area is 236 Å². The lowest BCUT2D eigenvalue weighted by molar-refractivity contribution is -0.385. The quantitative estimate of drug-likeness (QED) is 0.0964. The van der Waals surface area contributed by atoms with Gasteiger partial charge in [0.1, 0.15) is 24.4 Å². The summed E-state index contributed by atoms with van der Waals surface area (Å²) in [6, 6.07) is 7.58. The van der Waals surface area contributed by atoms with Crippen LogP contribution in [0.4, 0.5) is 22.7 Å². The van der Waals surface area contributed by atoms with E-state index in [0.717, 1.165) is 12.1 Å². The van der Waals surface area contributed by atoms with Gasteiger partial charge in [-0.25, -0.2) is 0 Å². The molecule has 2 fully saturated rings. The van der Waals surface area contributed by atoms with Crippen molar-refractivity contribution in [2.45, 2.75) is 46.4 Å². The minimum atomic E-state index is -2.41. The number of anilines is 2. The molecule has 0 saturated carbocycles. The molecule has 0 bridgehead atoms. The van der Waals surface area contributed by atoms with Crippen molar-refractivity contribution in [1.29, 1.82) is 0 Å². The van der Waals surface area contributed by atoms with Gasteiger partial charge in [-0.2, -0.15) is 0 Å². The molecule has 8 atom stereocenters. The van der Waals surface area contributed by atoms with Gasteiger partial charge in [-0.15, -0.1) is 0 Å². The number of nitro groups is 2. The number of nitrogens with zero attached hydrogens (tertiary/aromatic N) is 2. The lowest BCUT2D eigenvalue weighted by atomic mass is 9.95. The molecule has 2 aromatic carbocycles. The summed E-state index contributed by atoms with van der Waals surface area (Å²) < 4.78 is 10.9. The molecule has 41 heavy (non-hydrogen) atoms. The Kier molecular flexibility index (Phi) is 9.32. The van der Waals surface area contributed by atoms with Crippen LogP contribution in [0, 0.1) is 20.2 Å². The van der Waals surface area contributed by atoms with Crippen molar-refractivity contribution >= 4 is 34.5 Å². The fraction of sp³-hybridized carbons (Fsp3) is 0.500. The van der Waals surface area contributed by atoms with Gasteiger partial charge in [0.05, 0.1) is 48.4 Å². The van der Waals surface area contributed by atoms with Gasteiger partial charge >= 0.3 is 0 Å². The second-order valence-corrected chi connectivity index (χ2v) is 11.1. The molecule has 0 spiro atoms. The Bertz CT molecular complexity index is 1170. The highest BCUT2D eigenvalue weighted by molar-refractivity contribution is 8.01. The number of benzene rings is 2. The van der Waals surface area contributed by atoms with Crippen LogP contribution >= 0.6 is 11.8 Å². The number of thioether (sulfide) groups is 1. The molecule has 2 aromatic rings. The van der Waals surface area contributed by atoms with E-state index in [9.17, 15) is 50.9 Å². The highest BCUT2D eigenvalue weighted by Crippen LogP contribution is 2.49. The number of aliphatic hydroxyl groups excluding tert-OH is 4. The molecule has 0 aliphatic carbocycles. The number of nitro benzene ring substituents is 2. The molecule has 0 amide bonds. The van der Waals surface area contributed by atoms with E-state index in [4.69, 9.17) is 9.47 Å². The van der Waals surface area contributed by atoms with Gasteiger partial charge < -0.3 is 50.7 Å². The summed E-state index contributed by atoms with van der Waals surface area (Å²) in [5.41, 5.74) is -0.318. The van der Waals surface area contributed by atoms with Gasteiger partial charge in [-0.1, -0.05) is 23.9 Å². The number of nitrogens with one attached hydrogen (secondary N) is 2. The molecule has 0 unspecified atom stereocenters. The van der Waals surface area contributed by atoms with Crippen LogP contribution in [0.1, 0.15) is 0 Å². The molecule has 0 aromatic heterocycles. The lowest BCUT2D eigenvalue weighted by Gasteiger charge is -2.54. The number of hydrogen-bond acceptors (Lipinski definition) is 15.